The molecule has 1 N–H and O–H groups in total. The lowest BCUT2D eigenvalue weighted by Gasteiger charge is -2.00. The first-order chi connectivity index (χ1) is 9.90. The quantitative estimate of drug-likeness (QED) is 0.690. The van der Waals surface area contributed by atoms with Crippen LogP contribution >= 0.6 is 0 Å². The van der Waals surface area contributed by atoms with Crippen molar-refractivity contribution >= 4 is 17.8 Å². The van der Waals surface area contributed by atoms with Crippen molar-refractivity contribution in [3.8, 4) is 0 Å². The number of carbonyl (C=O) groups is 2. The van der Waals surface area contributed by atoms with Gasteiger partial charge in [0, 0.05) is 11.3 Å². The maximum atomic E-state index is 12.3. The van der Waals surface area contributed by atoms with Gasteiger partial charge in [0.05, 0.1) is 11.7 Å². The average Bonchev–Trinajstić information content (AvgIpc) is 2.72. The van der Waals surface area contributed by atoms with Crippen molar-refractivity contribution in [3.63, 3.8) is 0 Å². The molecular weight excluding hydrogens is 266 g/mol. The third-order valence-corrected chi connectivity index (χ3v) is 3.36. The number of H-pyrrole nitrogens is 1. The Balaban J connectivity index is 2.31. The van der Waals surface area contributed by atoms with Gasteiger partial charge in [-0.25, -0.2) is 0 Å². The Hall–Kier alpha value is -2.62. The maximum absolute atomic E-state index is 12.3. The van der Waals surface area contributed by atoms with Crippen LogP contribution in [0.25, 0.3) is 6.08 Å². The molecule has 1 heterocycles. The largest absolute Gasteiger partial charge is 0.543 e. The van der Waals surface area contributed by atoms with Crippen LogP contribution in [-0.2, 0) is 0 Å². The summed E-state index contributed by atoms with van der Waals surface area (Å²) in [5.41, 5.74) is 3.32. The van der Waals surface area contributed by atoms with Crippen molar-refractivity contribution in [1.29, 1.82) is 0 Å². The Morgan fingerprint density at radius 2 is 1.90 bits per heavy atom. The third kappa shape index (κ3) is 3.11. The van der Waals surface area contributed by atoms with E-state index in [0.29, 0.717) is 16.8 Å². The highest BCUT2D eigenvalue weighted by molar-refractivity contribution is 6.10. The molecule has 0 aliphatic rings. The van der Waals surface area contributed by atoms with Crippen LogP contribution in [0.15, 0.2) is 30.3 Å². The SMILES string of the molecule is Cc1cccc(/C=C/C(=O)c2c(C)[nH]c(C(=O)[O-])c2C)c1. The van der Waals surface area contributed by atoms with E-state index in [9.17, 15) is 14.7 Å². The number of aromatic amines is 1. The number of hydrogen-bond acceptors (Lipinski definition) is 3. The number of nitrogens with one attached hydrogen (secondary N) is 1. The predicted octanol–water partition coefficient (Wildman–Crippen LogP) is 2.20. The number of carboxylic acids is 1. The van der Waals surface area contributed by atoms with Gasteiger partial charge in [0.1, 0.15) is 0 Å². The number of carbonyl (C=O) groups excluding carboxylic acids is 2. The molecule has 0 fully saturated rings. The number of rotatable bonds is 4. The fourth-order valence-corrected chi connectivity index (χ4v) is 2.35. The van der Waals surface area contributed by atoms with Gasteiger partial charge in [-0.05, 0) is 38.0 Å². The van der Waals surface area contributed by atoms with Crippen molar-refractivity contribution in [2.75, 3.05) is 0 Å². The lowest BCUT2D eigenvalue weighted by Crippen LogP contribution is -2.23. The molecule has 2 rings (SSSR count). The summed E-state index contributed by atoms with van der Waals surface area (Å²) in [7, 11) is 0. The van der Waals surface area contributed by atoms with Crippen LogP contribution < -0.4 is 5.11 Å². The molecule has 0 bridgehead atoms. The number of aryl methyl sites for hydroxylation is 2. The highest BCUT2D eigenvalue weighted by Crippen LogP contribution is 2.19. The van der Waals surface area contributed by atoms with Gasteiger partial charge in [-0.2, -0.15) is 0 Å². The van der Waals surface area contributed by atoms with E-state index < -0.39 is 5.97 Å². The number of benzene rings is 1. The lowest BCUT2D eigenvalue weighted by atomic mass is 10.0. The molecule has 1 aromatic heterocycles. The van der Waals surface area contributed by atoms with Crippen LogP contribution in [0.4, 0.5) is 0 Å². The number of aromatic nitrogens is 1. The van der Waals surface area contributed by atoms with E-state index in [1.807, 2.05) is 31.2 Å². The van der Waals surface area contributed by atoms with Gasteiger partial charge in [-0.15, -0.1) is 0 Å². The number of hydrogen-bond donors (Lipinski definition) is 1. The molecule has 0 atom stereocenters. The van der Waals surface area contributed by atoms with Gasteiger partial charge in [-0.1, -0.05) is 35.9 Å². The number of allylic oxidation sites excluding steroid dienone is 1. The topological polar surface area (TPSA) is 73.0 Å². The zero-order valence-corrected chi connectivity index (χ0v) is 12.2. The summed E-state index contributed by atoms with van der Waals surface area (Å²) in [6.07, 6.45) is 3.18. The van der Waals surface area contributed by atoms with E-state index in [2.05, 4.69) is 4.98 Å². The normalized spacial score (nSPS) is 11.0. The second kappa shape index (κ2) is 5.79. The van der Waals surface area contributed by atoms with Gasteiger partial charge in [0.2, 0.25) is 0 Å². The number of carboxylic acid groups (broad SMARTS) is 1. The highest BCUT2D eigenvalue weighted by Gasteiger charge is 2.16. The molecule has 0 unspecified atom stereocenters. The average molecular weight is 282 g/mol. The molecule has 0 radical (unpaired) electrons. The monoisotopic (exact) mass is 282 g/mol. The summed E-state index contributed by atoms with van der Waals surface area (Å²) in [6.45, 7) is 5.25. The van der Waals surface area contributed by atoms with Crippen molar-refractivity contribution in [2.45, 2.75) is 20.8 Å². The fourth-order valence-electron chi connectivity index (χ4n) is 2.35. The number of aromatic carboxylic acids is 1. The molecule has 0 spiro atoms. The van der Waals surface area contributed by atoms with Crippen LogP contribution in [0.1, 0.15) is 43.2 Å². The summed E-state index contributed by atoms with van der Waals surface area (Å²) >= 11 is 0. The first kappa shape index (κ1) is 14.8. The highest BCUT2D eigenvalue weighted by atomic mass is 16.4. The minimum Gasteiger partial charge on any atom is -0.543 e. The van der Waals surface area contributed by atoms with Crippen LogP contribution in [0, 0.1) is 20.8 Å². The van der Waals surface area contributed by atoms with Crippen molar-refractivity contribution in [2.24, 2.45) is 0 Å². The van der Waals surface area contributed by atoms with E-state index in [4.69, 9.17) is 0 Å². The molecule has 0 aliphatic carbocycles. The molecular formula is C17H16NO3-. The maximum Gasteiger partial charge on any atom is 0.187 e. The van der Waals surface area contributed by atoms with Gasteiger partial charge >= 0.3 is 0 Å². The summed E-state index contributed by atoms with van der Waals surface area (Å²) in [6, 6.07) is 7.76. The smallest absolute Gasteiger partial charge is 0.187 e. The van der Waals surface area contributed by atoms with Crippen LogP contribution in [-0.4, -0.2) is 16.7 Å². The summed E-state index contributed by atoms with van der Waals surface area (Å²) in [4.78, 5) is 25.9. The van der Waals surface area contributed by atoms with Gasteiger partial charge in [0.15, 0.2) is 5.78 Å². The van der Waals surface area contributed by atoms with E-state index >= 15 is 0 Å². The van der Waals surface area contributed by atoms with E-state index in [-0.39, 0.29) is 11.5 Å². The minimum atomic E-state index is -1.31. The first-order valence-corrected chi connectivity index (χ1v) is 6.59. The lowest BCUT2D eigenvalue weighted by molar-refractivity contribution is -0.255. The fraction of sp³-hybridized carbons (Fsp3) is 0.176. The van der Waals surface area contributed by atoms with Gasteiger partial charge < -0.3 is 14.9 Å². The molecule has 21 heavy (non-hydrogen) atoms. The zero-order chi connectivity index (χ0) is 15.6. The summed E-state index contributed by atoms with van der Waals surface area (Å²) in [5, 5.41) is 11.0. The Morgan fingerprint density at radius 1 is 1.19 bits per heavy atom. The molecule has 4 nitrogen and oxygen atoms in total. The predicted molar refractivity (Wildman–Crippen MR) is 79.1 cm³/mol. The molecule has 1 aromatic carbocycles. The Labute approximate surface area is 123 Å². The van der Waals surface area contributed by atoms with Gasteiger partial charge in [0.25, 0.3) is 0 Å². The minimum absolute atomic E-state index is 0.0418. The Kier molecular flexibility index (Phi) is 4.08. The van der Waals surface area contributed by atoms with Crippen molar-refractivity contribution < 1.29 is 14.7 Å². The summed E-state index contributed by atoms with van der Waals surface area (Å²) < 4.78 is 0. The molecule has 4 heteroatoms. The molecule has 0 saturated heterocycles. The van der Waals surface area contributed by atoms with E-state index in [1.54, 1.807) is 19.9 Å². The Morgan fingerprint density at radius 3 is 2.48 bits per heavy atom. The Bertz CT molecular complexity index is 738. The molecule has 0 aliphatic heterocycles. The van der Waals surface area contributed by atoms with Crippen molar-refractivity contribution in [1.82, 2.24) is 4.98 Å². The van der Waals surface area contributed by atoms with E-state index in [0.717, 1.165) is 11.1 Å². The second-order valence-electron chi connectivity index (χ2n) is 5.02. The van der Waals surface area contributed by atoms with Crippen LogP contribution in [0.5, 0.6) is 0 Å². The second-order valence-corrected chi connectivity index (χ2v) is 5.02. The van der Waals surface area contributed by atoms with Crippen LogP contribution in [0.3, 0.4) is 0 Å². The van der Waals surface area contributed by atoms with Gasteiger partial charge in [-0.3, -0.25) is 4.79 Å². The first-order valence-electron chi connectivity index (χ1n) is 6.59. The van der Waals surface area contributed by atoms with Crippen molar-refractivity contribution in [3.05, 3.63) is 64.0 Å². The molecule has 0 amide bonds. The number of ketones is 1. The third-order valence-electron chi connectivity index (χ3n) is 3.36. The molecule has 0 saturated carbocycles. The summed E-state index contributed by atoms with van der Waals surface area (Å²) in [5.74, 6) is -1.53. The molecule has 108 valence electrons. The zero-order valence-electron chi connectivity index (χ0n) is 12.2. The van der Waals surface area contributed by atoms with E-state index in [1.165, 1.54) is 6.08 Å². The molecule has 2 aromatic rings. The van der Waals surface area contributed by atoms with Crippen LogP contribution in [0.2, 0.25) is 0 Å². The standard InChI is InChI=1S/C17H17NO3/c1-10-5-4-6-13(9-10)7-8-14(19)15-11(2)16(17(20)21)18-12(15)3/h4-9,18H,1-3H3,(H,20,21)/p-1/b8-7+.